The maximum Gasteiger partial charge on any atom is 0.354 e. The average molecular weight is 391 g/mol. The predicted octanol–water partition coefficient (Wildman–Crippen LogP) is 1.28. The number of ether oxygens (including phenoxy) is 2. The van der Waals surface area contributed by atoms with Gasteiger partial charge in [0.2, 0.25) is 0 Å². The van der Waals surface area contributed by atoms with Crippen molar-refractivity contribution in [3.8, 4) is 0 Å². The number of carbonyl (C=O) groups is 2. The topological polar surface area (TPSA) is 62.3 Å². The molecule has 1 aliphatic rings. The van der Waals surface area contributed by atoms with Crippen molar-refractivity contribution >= 4 is 34.8 Å². The standard InChI is InChI=1S/C19H25N3O4S/c1-20(2)15-7-5-14(6-8-15)18(27)22-11-9-21(10-12-22)16(19(24)26-4)13-17(23)25-3/h5-8,13H,9-12H2,1-4H3/b16-13+. The van der Waals surface area contributed by atoms with Crippen LogP contribution in [0.25, 0.3) is 0 Å². The first-order valence-electron chi connectivity index (χ1n) is 8.57. The highest BCUT2D eigenvalue weighted by molar-refractivity contribution is 7.80. The van der Waals surface area contributed by atoms with Gasteiger partial charge in [-0.1, -0.05) is 12.2 Å². The molecule has 0 unspecified atom stereocenters. The summed E-state index contributed by atoms with van der Waals surface area (Å²) in [7, 11) is 6.54. The number of methoxy groups -OCH3 is 2. The normalized spacial score (nSPS) is 14.6. The fourth-order valence-corrected chi connectivity index (χ4v) is 3.11. The highest BCUT2D eigenvalue weighted by Gasteiger charge is 2.26. The van der Waals surface area contributed by atoms with Crippen LogP contribution in [0.4, 0.5) is 5.69 Å². The molecule has 1 aromatic rings. The third-order valence-electron chi connectivity index (χ3n) is 4.39. The minimum Gasteiger partial charge on any atom is -0.466 e. The third kappa shape index (κ3) is 5.19. The molecule has 0 saturated carbocycles. The van der Waals surface area contributed by atoms with Crippen molar-refractivity contribution in [1.82, 2.24) is 9.80 Å². The smallest absolute Gasteiger partial charge is 0.354 e. The SMILES string of the molecule is COC(=O)/C=C(\C(=O)OC)N1CCN(C(=S)c2ccc(N(C)C)cc2)CC1. The summed E-state index contributed by atoms with van der Waals surface area (Å²) in [6.45, 7) is 2.38. The number of rotatable bonds is 5. The molecule has 0 atom stereocenters. The van der Waals surface area contributed by atoms with Gasteiger partial charge in [-0.25, -0.2) is 9.59 Å². The van der Waals surface area contributed by atoms with Gasteiger partial charge in [-0.05, 0) is 24.3 Å². The minimum atomic E-state index is -0.589. The number of esters is 2. The molecule has 1 fully saturated rings. The second kappa shape index (κ2) is 9.36. The fraction of sp³-hybridized carbons (Fsp3) is 0.421. The van der Waals surface area contributed by atoms with Crippen molar-refractivity contribution in [3.63, 3.8) is 0 Å². The molecule has 1 saturated heterocycles. The van der Waals surface area contributed by atoms with Crippen molar-refractivity contribution in [2.24, 2.45) is 0 Å². The van der Waals surface area contributed by atoms with E-state index in [9.17, 15) is 9.59 Å². The lowest BCUT2D eigenvalue weighted by Gasteiger charge is -2.37. The Morgan fingerprint density at radius 3 is 2.04 bits per heavy atom. The number of hydrogen-bond acceptors (Lipinski definition) is 7. The van der Waals surface area contributed by atoms with Crippen LogP contribution in [0.2, 0.25) is 0 Å². The quantitative estimate of drug-likeness (QED) is 0.423. The molecule has 27 heavy (non-hydrogen) atoms. The maximum absolute atomic E-state index is 12.0. The predicted molar refractivity (Wildman–Crippen MR) is 108 cm³/mol. The lowest BCUT2D eigenvalue weighted by Crippen LogP contribution is -2.49. The summed E-state index contributed by atoms with van der Waals surface area (Å²) in [4.78, 5) is 30.3. The van der Waals surface area contributed by atoms with E-state index in [4.69, 9.17) is 17.0 Å². The summed E-state index contributed by atoms with van der Waals surface area (Å²) in [6.07, 6.45) is 1.17. The lowest BCUT2D eigenvalue weighted by molar-refractivity contribution is -0.140. The molecule has 0 aromatic heterocycles. The van der Waals surface area contributed by atoms with Crippen LogP contribution in [0.5, 0.6) is 0 Å². The molecule has 0 N–H and O–H groups in total. The second-order valence-corrected chi connectivity index (χ2v) is 6.65. The summed E-state index contributed by atoms with van der Waals surface area (Å²) in [5.74, 6) is -1.15. The summed E-state index contributed by atoms with van der Waals surface area (Å²) >= 11 is 5.63. The van der Waals surface area contributed by atoms with Gasteiger partial charge < -0.3 is 24.2 Å². The number of benzene rings is 1. The summed E-state index contributed by atoms with van der Waals surface area (Å²) < 4.78 is 9.41. The van der Waals surface area contributed by atoms with E-state index >= 15 is 0 Å². The molecule has 146 valence electrons. The Kier molecular flexibility index (Phi) is 7.18. The summed E-state index contributed by atoms with van der Waals surface area (Å²) in [6, 6.07) is 8.10. The van der Waals surface area contributed by atoms with E-state index in [0.29, 0.717) is 26.2 Å². The third-order valence-corrected chi connectivity index (χ3v) is 4.88. The van der Waals surface area contributed by atoms with Crippen LogP contribution in [-0.4, -0.2) is 81.2 Å². The van der Waals surface area contributed by atoms with Crippen LogP contribution in [0.15, 0.2) is 36.0 Å². The number of hydrogen-bond donors (Lipinski definition) is 0. The Morgan fingerprint density at radius 2 is 1.56 bits per heavy atom. The molecule has 7 nitrogen and oxygen atoms in total. The summed E-state index contributed by atoms with van der Waals surface area (Å²) in [5, 5.41) is 0. The van der Waals surface area contributed by atoms with Gasteiger partial charge in [0.1, 0.15) is 10.7 Å². The first-order chi connectivity index (χ1) is 12.9. The van der Waals surface area contributed by atoms with Crippen LogP contribution >= 0.6 is 12.2 Å². The molecule has 1 heterocycles. The second-order valence-electron chi connectivity index (χ2n) is 6.26. The highest BCUT2D eigenvalue weighted by Crippen LogP contribution is 2.17. The molecular weight excluding hydrogens is 366 g/mol. The van der Waals surface area contributed by atoms with Gasteiger partial charge in [-0.15, -0.1) is 0 Å². The van der Waals surface area contributed by atoms with Gasteiger partial charge in [0.15, 0.2) is 0 Å². The van der Waals surface area contributed by atoms with E-state index in [2.05, 4.69) is 9.64 Å². The van der Waals surface area contributed by atoms with Crippen LogP contribution < -0.4 is 4.90 Å². The zero-order valence-electron chi connectivity index (χ0n) is 16.1. The molecule has 0 bridgehead atoms. The van der Waals surface area contributed by atoms with Crippen molar-refractivity contribution in [2.75, 3.05) is 59.4 Å². The molecule has 1 aliphatic heterocycles. The van der Waals surface area contributed by atoms with Crippen LogP contribution in [0.3, 0.4) is 0 Å². The fourth-order valence-electron chi connectivity index (χ4n) is 2.79. The van der Waals surface area contributed by atoms with E-state index in [1.807, 2.05) is 48.2 Å². The van der Waals surface area contributed by atoms with E-state index in [-0.39, 0.29) is 5.70 Å². The highest BCUT2D eigenvalue weighted by atomic mass is 32.1. The van der Waals surface area contributed by atoms with Crippen LogP contribution in [0, 0.1) is 0 Å². The molecular formula is C19H25N3O4S. The lowest BCUT2D eigenvalue weighted by atomic mass is 10.1. The minimum absolute atomic E-state index is 0.199. The first kappa shape index (κ1) is 20.7. The van der Waals surface area contributed by atoms with E-state index in [1.54, 1.807) is 0 Å². The Hall–Kier alpha value is -2.61. The Bertz CT molecular complexity index is 723. The van der Waals surface area contributed by atoms with Crippen molar-refractivity contribution < 1.29 is 19.1 Å². The van der Waals surface area contributed by atoms with Gasteiger partial charge in [-0.2, -0.15) is 0 Å². The van der Waals surface area contributed by atoms with Crippen molar-refractivity contribution in [1.29, 1.82) is 0 Å². The molecule has 0 spiro atoms. The Labute approximate surface area is 165 Å². The molecule has 0 radical (unpaired) electrons. The number of piperazine rings is 1. The molecule has 8 heteroatoms. The summed E-state index contributed by atoms with van der Waals surface area (Å²) in [5.41, 5.74) is 2.30. The van der Waals surface area contributed by atoms with Crippen LogP contribution in [-0.2, 0) is 19.1 Å². The van der Waals surface area contributed by atoms with Crippen molar-refractivity contribution in [2.45, 2.75) is 0 Å². The number of nitrogens with zero attached hydrogens (tertiary/aromatic N) is 3. The van der Waals surface area contributed by atoms with E-state index in [1.165, 1.54) is 20.3 Å². The largest absolute Gasteiger partial charge is 0.466 e. The number of thiocarbonyl (C=S) groups is 1. The molecule has 1 aromatic carbocycles. The Balaban J connectivity index is 2.04. The van der Waals surface area contributed by atoms with E-state index < -0.39 is 11.9 Å². The average Bonchev–Trinajstić information content (AvgIpc) is 2.70. The van der Waals surface area contributed by atoms with Gasteiger partial charge in [0.05, 0.1) is 20.3 Å². The zero-order valence-corrected chi connectivity index (χ0v) is 16.9. The van der Waals surface area contributed by atoms with Crippen molar-refractivity contribution in [3.05, 3.63) is 41.6 Å². The molecule has 2 rings (SSSR count). The van der Waals surface area contributed by atoms with Crippen LogP contribution in [0.1, 0.15) is 5.56 Å². The molecule has 0 amide bonds. The number of carbonyl (C=O) groups excluding carboxylic acids is 2. The first-order valence-corrected chi connectivity index (χ1v) is 8.97. The molecule has 0 aliphatic carbocycles. The van der Waals surface area contributed by atoms with Gasteiger partial charge >= 0.3 is 11.9 Å². The monoisotopic (exact) mass is 391 g/mol. The van der Waals surface area contributed by atoms with Gasteiger partial charge in [0, 0.05) is 51.5 Å². The number of anilines is 1. The van der Waals surface area contributed by atoms with Gasteiger partial charge in [-0.3, -0.25) is 0 Å². The maximum atomic E-state index is 12.0. The van der Waals surface area contributed by atoms with E-state index in [0.717, 1.165) is 16.2 Å². The Morgan fingerprint density at radius 1 is 1.00 bits per heavy atom. The zero-order chi connectivity index (χ0) is 20.0. The van der Waals surface area contributed by atoms with Gasteiger partial charge in [0.25, 0.3) is 0 Å².